The van der Waals surface area contributed by atoms with Crippen molar-refractivity contribution in [3.05, 3.63) is 24.0 Å². The summed E-state index contributed by atoms with van der Waals surface area (Å²) in [6.07, 6.45) is 3.17. The lowest BCUT2D eigenvalue weighted by Crippen LogP contribution is -2.33. The fourth-order valence-corrected chi connectivity index (χ4v) is 2.64. The normalized spacial score (nSPS) is 11.5. The van der Waals surface area contributed by atoms with Gasteiger partial charge in [-0.1, -0.05) is 11.8 Å². The molecule has 116 valence electrons. The van der Waals surface area contributed by atoms with Crippen molar-refractivity contribution in [2.75, 3.05) is 40.8 Å². The number of nitrogens with zero attached hydrogens (tertiary/aromatic N) is 3. The molecule has 21 heavy (non-hydrogen) atoms. The molecule has 1 rings (SSSR count). The predicted molar refractivity (Wildman–Crippen MR) is 81.2 cm³/mol. The molecule has 0 bridgehead atoms. The molecule has 0 unspecified atom stereocenters. The lowest BCUT2D eigenvalue weighted by atomic mass is 10.3. The van der Waals surface area contributed by atoms with E-state index in [1.807, 2.05) is 19.0 Å². The first kappa shape index (κ1) is 17.6. The molecule has 0 saturated carbocycles. The van der Waals surface area contributed by atoms with Gasteiger partial charge in [0.05, 0.1) is 6.61 Å². The summed E-state index contributed by atoms with van der Waals surface area (Å²) in [7, 11) is 1.76. The van der Waals surface area contributed by atoms with Gasteiger partial charge in [-0.3, -0.25) is 4.98 Å². The van der Waals surface area contributed by atoms with Crippen LogP contribution in [0, 0.1) is 11.8 Å². The Hall–Kier alpha value is -1.46. The smallest absolute Gasteiger partial charge is 0.244 e. The van der Waals surface area contributed by atoms with Crippen LogP contribution in [0.15, 0.2) is 23.4 Å². The van der Waals surface area contributed by atoms with Gasteiger partial charge in [-0.2, -0.15) is 4.31 Å². The SMILES string of the molecule is CN(C)CCN(C)S(=O)(=O)c1cncc(C#CCCO)c1. The van der Waals surface area contributed by atoms with E-state index in [0.29, 0.717) is 25.1 Å². The van der Waals surface area contributed by atoms with Crippen molar-refractivity contribution in [3.8, 4) is 11.8 Å². The lowest BCUT2D eigenvalue weighted by Gasteiger charge is -2.19. The van der Waals surface area contributed by atoms with Gasteiger partial charge in [-0.25, -0.2) is 8.42 Å². The van der Waals surface area contributed by atoms with E-state index in [-0.39, 0.29) is 11.5 Å². The zero-order valence-electron chi connectivity index (χ0n) is 12.6. The maximum absolute atomic E-state index is 12.4. The average Bonchev–Trinajstić information content (AvgIpc) is 2.45. The van der Waals surface area contributed by atoms with Gasteiger partial charge in [0.15, 0.2) is 0 Å². The Labute approximate surface area is 126 Å². The third-order valence-corrected chi connectivity index (χ3v) is 4.58. The Morgan fingerprint density at radius 2 is 1.95 bits per heavy atom. The highest BCUT2D eigenvalue weighted by molar-refractivity contribution is 7.89. The summed E-state index contributed by atoms with van der Waals surface area (Å²) >= 11 is 0. The molecule has 0 atom stereocenters. The van der Waals surface area contributed by atoms with Crippen molar-refractivity contribution >= 4 is 10.0 Å². The van der Waals surface area contributed by atoms with Crippen LogP contribution in [-0.4, -0.2) is 68.6 Å². The Morgan fingerprint density at radius 1 is 1.24 bits per heavy atom. The first-order valence-corrected chi connectivity index (χ1v) is 7.98. The third kappa shape index (κ3) is 5.44. The Kier molecular flexibility index (Phi) is 6.78. The molecule has 0 aromatic carbocycles. The monoisotopic (exact) mass is 311 g/mol. The van der Waals surface area contributed by atoms with Crippen LogP contribution in [0.3, 0.4) is 0 Å². The van der Waals surface area contributed by atoms with Gasteiger partial charge in [-0.15, -0.1) is 0 Å². The fraction of sp³-hybridized carbons (Fsp3) is 0.500. The quantitative estimate of drug-likeness (QED) is 0.749. The number of likely N-dealkylation sites (N-methyl/N-ethyl adjacent to an activating group) is 2. The van der Waals surface area contributed by atoms with Crippen LogP contribution in [0.2, 0.25) is 0 Å². The molecule has 6 nitrogen and oxygen atoms in total. The maximum atomic E-state index is 12.4. The van der Waals surface area contributed by atoms with Gasteiger partial charge < -0.3 is 10.0 Å². The Morgan fingerprint density at radius 3 is 2.57 bits per heavy atom. The molecule has 0 fully saturated rings. The number of rotatable bonds is 6. The zero-order valence-corrected chi connectivity index (χ0v) is 13.4. The number of aromatic nitrogens is 1. The lowest BCUT2D eigenvalue weighted by molar-refractivity contribution is 0.305. The predicted octanol–water partition coefficient (Wildman–Crippen LogP) is -0.00240. The fourth-order valence-electron chi connectivity index (χ4n) is 1.49. The molecular formula is C14H21N3O3S. The summed E-state index contributed by atoms with van der Waals surface area (Å²) < 4.78 is 26.1. The molecular weight excluding hydrogens is 290 g/mol. The number of hydrogen-bond acceptors (Lipinski definition) is 5. The largest absolute Gasteiger partial charge is 0.395 e. The van der Waals surface area contributed by atoms with Crippen LogP contribution in [0.1, 0.15) is 12.0 Å². The van der Waals surface area contributed by atoms with Crippen molar-refractivity contribution in [2.24, 2.45) is 0 Å². The minimum absolute atomic E-state index is 0.0221. The number of hydrogen-bond donors (Lipinski definition) is 1. The second-order valence-corrected chi connectivity index (χ2v) is 6.86. The topological polar surface area (TPSA) is 73.7 Å². The Bertz CT molecular complexity index is 618. The van der Waals surface area contributed by atoms with Crippen LogP contribution < -0.4 is 0 Å². The van der Waals surface area contributed by atoms with Crippen molar-refractivity contribution in [2.45, 2.75) is 11.3 Å². The van der Waals surface area contributed by atoms with Gasteiger partial charge in [0.25, 0.3) is 0 Å². The van der Waals surface area contributed by atoms with Crippen LogP contribution >= 0.6 is 0 Å². The number of sulfonamides is 1. The van der Waals surface area contributed by atoms with Crippen LogP contribution in [0.5, 0.6) is 0 Å². The first-order valence-electron chi connectivity index (χ1n) is 6.54. The van der Waals surface area contributed by atoms with E-state index >= 15 is 0 Å². The summed E-state index contributed by atoms with van der Waals surface area (Å²) in [4.78, 5) is 5.97. The second-order valence-electron chi connectivity index (χ2n) is 4.81. The number of pyridine rings is 1. The van der Waals surface area contributed by atoms with E-state index in [2.05, 4.69) is 16.8 Å². The Balaban J connectivity index is 2.93. The molecule has 0 amide bonds. The summed E-state index contributed by atoms with van der Waals surface area (Å²) in [5.74, 6) is 5.53. The van der Waals surface area contributed by atoms with E-state index in [9.17, 15) is 8.42 Å². The first-order chi connectivity index (χ1) is 9.87. The molecule has 0 radical (unpaired) electrons. The molecule has 1 heterocycles. The average molecular weight is 311 g/mol. The van der Waals surface area contributed by atoms with E-state index in [1.165, 1.54) is 22.8 Å². The second kappa shape index (κ2) is 8.10. The van der Waals surface area contributed by atoms with E-state index in [0.717, 1.165) is 0 Å². The molecule has 0 aliphatic carbocycles. The standard InChI is InChI=1S/C14H21N3O3S/c1-16(2)7-8-17(3)21(19,20)14-10-13(11-15-12-14)6-4-5-9-18/h10-12,18H,5,7-9H2,1-3H3. The molecule has 0 saturated heterocycles. The third-order valence-electron chi connectivity index (χ3n) is 2.75. The minimum atomic E-state index is -3.56. The highest BCUT2D eigenvalue weighted by Gasteiger charge is 2.21. The van der Waals surface area contributed by atoms with Gasteiger partial charge in [0.2, 0.25) is 10.0 Å². The summed E-state index contributed by atoms with van der Waals surface area (Å²) in [6.45, 7) is 1.01. The van der Waals surface area contributed by atoms with E-state index in [4.69, 9.17) is 5.11 Å². The summed E-state index contributed by atoms with van der Waals surface area (Å²) in [6, 6.07) is 1.50. The maximum Gasteiger partial charge on any atom is 0.244 e. The number of aliphatic hydroxyl groups excluding tert-OH is 1. The van der Waals surface area contributed by atoms with Crippen molar-refractivity contribution in [1.29, 1.82) is 0 Å². The zero-order chi connectivity index (χ0) is 15.9. The van der Waals surface area contributed by atoms with Gasteiger partial charge in [-0.05, 0) is 20.2 Å². The van der Waals surface area contributed by atoms with E-state index < -0.39 is 10.0 Å². The molecule has 0 spiro atoms. The van der Waals surface area contributed by atoms with Crippen molar-refractivity contribution < 1.29 is 13.5 Å². The minimum Gasteiger partial charge on any atom is -0.395 e. The molecule has 7 heteroatoms. The molecule has 0 aliphatic heterocycles. The van der Waals surface area contributed by atoms with E-state index in [1.54, 1.807) is 7.05 Å². The summed E-state index contributed by atoms with van der Waals surface area (Å²) in [5.41, 5.74) is 0.519. The van der Waals surface area contributed by atoms with Crippen LogP contribution in [0.25, 0.3) is 0 Å². The molecule has 0 aliphatic rings. The summed E-state index contributed by atoms with van der Waals surface area (Å²) in [5, 5.41) is 8.68. The van der Waals surface area contributed by atoms with Gasteiger partial charge in [0.1, 0.15) is 4.90 Å². The highest BCUT2D eigenvalue weighted by atomic mass is 32.2. The van der Waals surface area contributed by atoms with Crippen molar-refractivity contribution in [3.63, 3.8) is 0 Å². The molecule has 1 aromatic rings. The van der Waals surface area contributed by atoms with Crippen molar-refractivity contribution in [1.82, 2.24) is 14.2 Å². The van der Waals surface area contributed by atoms with Gasteiger partial charge in [0, 0.05) is 44.5 Å². The van der Waals surface area contributed by atoms with Crippen LogP contribution in [0.4, 0.5) is 0 Å². The highest BCUT2D eigenvalue weighted by Crippen LogP contribution is 2.14. The van der Waals surface area contributed by atoms with Crippen LogP contribution in [-0.2, 0) is 10.0 Å². The molecule has 1 aromatic heterocycles. The number of aliphatic hydroxyl groups is 1. The van der Waals surface area contributed by atoms with Gasteiger partial charge >= 0.3 is 0 Å². The molecule has 1 N–H and O–H groups in total.